The zero-order chi connectivity index (χ0) is 17.3. The van der Waals surface area contributed by atoms with Gasteiger partial charge in [0.25, 0.3) is 0 Å². The third-order valence-corrected chi connectivity index (χ3v) is 4.80. The van der Waals surface area contributed by atoms with Crippen molar-refractivity contribution in [3.8, 4) is 5.75 Å². The van der Waals surface area contributed by atoms with Gasteiger partial charge in [-0.15, -0.1) is 0 Å². The maximum atomic E-state index is 12.6. The number of likely N-dealkylation sites (tertiary alicyclic amines) is 1. The van der Waals surface area contributed by atoms with E-state index in [1.165, 1.54) is 0 Å². The van der Waals surface area contributed by atoms with Crippen molar-refractivity contribution in [2.24, 2.45) is 11.8 Å². The van der Waals surface area contributed by atoms with Gasteiger partial charge in [-0.3, -0.25) is 9.59 Å². The Morgan fingerprint density at radius 2 is 2.04 bits per heavy atom. The Bertz CT molecular complexity index is 786. The molecule has 1 aliphatic rings. The summed E-state index contributed by atoms with van der Waals surface area (Å²) in [5, 5.41) is 11.3. The zero-order valence-corrected chi connectivity index (χ0v) is 13.9. The van der Waals surface area contributed by atoms with Gasteiger partial charge >= 0.3 is 5.97 Å². The van der Waals surface area contributed by atoms with Gasteiger partial charge < -0.3 is 14.7 Å². The lowest BCUT2D eigenvalue weighted by molar-refractivity contribution is -0.142. The largest absolute Gasteiger partial charge is 0.497 e. The first-order valence-electron chi connectivity index (χ1n) is 8.06. The van der Waals surface area contributed by atoms with Crippen molar-refractivity contribution >= 4 is 22.6 Å². The lowest BCUT2D eigenvalue weighted by Gasteiger charge is -2.17. The van der Waals surface area contributed by atoms with Crippen molar-refractivity contribution in [3.63, 3.8) is 0 Å². The van der Waals surface area contributed by atoms with E-state index < -0.39 is 11.9 Å². The van der Waals surface area contributed by atoms with Crippen LogP contribution in [-0.4, -0.2) is 42.1 Å². The monoisotopic (exact) mass is 327 g/mol. The van der Waals surface area contributed by atoms with E-state index in [4.69, 9.17) is 4.74 Å². The number of amides is 1. The van der Waals surface area contributed by atoms with E-state index >= 15 is 0 Å². The molecule has 2 atom stereocenters. The van der Waals surface area contributed by atoms with Crippen LogP contribution >= 0.6 is 0 Å². The summed E-state index contributed by atoms with van der Waals surface area (Å²) in [6, 6.07) is 11.7. The molecule has 0 unspecified atom stereocenters. The van der Waals surface area contributed by atoms with Crippen molar-refractivity contribution in [1.29, 1.82) is 0 Å². The van der Waals surface area contributed by atoms with E-state index in [0.29, 0.717) is 13.1 Å². The Labute approximate surface area is 140 Å². The van der Waals surface area contributed by atoms with Gasteiger partial charge in [0.05, 0.1) is 19.4 Å². The molecule has 3 rings (SSSR count). The van der Waals surface area contributed by atoms with Crippen LogP contribution in [0.3, 0.4) is 0 Å². The molecule has 0 radical (unpaired) electrons. The Balaban J connectivity index is 1.82. The fraction of sp³-hybridized carbons (Fsp3) is 0.368. The summed E-state index contributed by atoms with van der Waals surface area (Å²) in [6.07, 6.45) is 0.267. The van der Waals surface area contributed by atoms with Crippen LogP contribution in [0.1, 0.15) is 12.5 Å². The van der Waals surface area contributed by atoms with Crippen molar-refractivity contribution in [1.82, 2.24) is 4.90 Å². The molecule has 0 aromatic heterocycles. The molecule has 0 spiro atoms. The van der Waals surface area contributed by atoms with Crippen LogP contribution in [0, 0.1) is 11.8 Å². The average Bonchev–Trinajstić information content (AvgIpc) is 2.97. The second-order valence-electron chi connectivity index (χ2n) is 6.40. The smallest absolute Gasteiger partial charge is 0.308 e. The number of carboxylic acids is 1. The van der Waals surface area contributed by atoms with Gasteiger partial charge in [-0.2, -0.15) is 0 Å². The maximum Gasteiger partial charge on any atom is 0.308 e. The van der Waals surface area contributed by atoms with E-state index in [9.17, 15) is 14.7 Å². The minimum absolute atomic E-state index is 0.0148. The molecule has 2 aromatic rings. The summed E-state index contributed by atoms with van der Waals surface area (Å²) in [7, 11) is 1.62. The maximum absolute atomic E-state index is 12.6. The standard InChI is InChI=1S/C19H21NO4/c1-12-10-20(11-17(12)19(22)23)18(21)8-14-5-3-4-13-6-7-15(24-2)9-16(13)14/h3-7,9,12,17H,8,10-11H2,1-2H3,(H,22,23)/t12-,17-/m1/s1. The number of aliphatic carboxylic acids is 1. The molecule has 0 bridgehead atoms. The average molecular weight is 327 g/mol. The van der Waals surface area contributed by atoms with Crippen LogP contribution in [0.25, 0.3) is 10.8 Å². The third kappa shape index (κ3) is 3.07. The lowest BCUT2D eigenvalue weighted by Crippen LogP contribution is -2.31. The number of carbonyl (C=O) groups is 2. The first-order valence-corrected chi connectivity index (χ1v) is 8.06. The number of hydrogen-bond acceptors (Lipinski definition) is 3. The van der Waals surface area contributed by atoms with Gasteiger partial charge in [0.2, 0.25) is 5.91 Å². The number of carboxylic acid groups (broad SMARTS) is 1. The first kappa shape index (κ1) is 16.3. The molecule has 24 heavy (non-hydrogen) atoms. The lowest BCUT2D eigenvalue weighted by atomic mass is 9.99. The normalized spacial score (nSPS) is 20.3. The molecular weight excluding hydrogens is 306 g/mol. The van der Waals surface area contributed by atoms with E-state index in [1.54, 1.807) is 12.0 Å². The quantitative estimate of drug-likeness (QED) is 0.937. The Morgan fingerprint density at radius 1 is 1.25 bits per heavy atom. The molecule has 0 saturated carbocycles. The summed E-state index contributed by atoms with van der Waals surface area (Å²) in [5.74, 6) is -0.586. The Kier molecular flexibility index (Phi) is 4.42. The Hall–Kier alpha value is -2.56. The van der Waals surface area contributed by atoms with Crippen molar-refractivity contribution < 1.29 is 19.4 Å². The van der Waals surface area contributed by atoms with Crippen molar-refractivity contribution in [2.75, 3.05) is 20.2 Å². The van der Waals surface area contributed by atoms with Crippen LogP contribution in [-0.2, 0) is 16.0 Å². The Morgan fingerprint density at radius 3 is 2.71 bits per heavy atom. The van der Waals surface area contributed by atoms with Gasteiger partial charge in [0.1, 0.15) is 5.75 Å². The number of nitrogens with zero attached hydrogens (tertiary/aromatic N) is 1. The SMILES string of the molecule is COc1ccc2cccc(CC(=O)N3C[C@@H](C)[C@H](C(=O)O)C3)c2c1. The second-order valence-corrected chi connectivity index (χ2v) is 6.40. The highest BCUT2D eigenvalue weighted by Gasteiger charge is 2.36. The number of hydrogen-bond donors (Lipinski definition) is 1. The molecule has 0 aliphatic carbocycles. The van der Waals surface area contributed by atoms with Gasteiger partial charge in [0, 0.05) is 13.1 Å². The zero-order valence-electron chi connectivity index (χ0n) is 13.9. The first-order chi connectivity index (χ1) is 11.5. The molecule has 1 fully saturated rings. The van der Waals surface area contributed by atoms with Gasteiger partial charge in [-0.25, -0.2) is 0 Å². The highest BCUT2D eigenvalue weighted by molar-refractivity contribution is 5.91. The molecule has 2 aromatic carbocycles. The van der Waals surface area contributed by atoms with Crippen LogP contribution in [0.4, 0.5) is 0 Å². The number of carbonyl (C=O) groups excluding carboxylic acids is 1. The molecule has 5 heteroatoms. The summed E-state index contributed by atoms with van der Waals surface area (Å²) >= 11 is 0. The fourth-order valence-electron chi connectivity index (χ4n) is 3.36. The minimum Gasteiger partial charge on any atom is -0.497 e. The minimum atomic E-state index is -0.826. The molecule has 1 N–H and O–H groups in total. The van der Waals surface area contributed by atoms with Crippen LogP contribution in [0.15, 0.2) is 36.4 Å². The van der Waals surface area contributed by atoms with Gasteiger partial charge in [0.15, 0.2) is 0 Å². The number of fused-ring (bicyclic) bond motifs is 1. The van der Waals surface area contributed by atoms with E-state index in [2.05, 4.69) is 0 Å². The number of rotatable bonds is 4. The topological polar surface area (TPSA) is 66.8 Å². The van der Waals surface area contributed by atoms with Crippen molar-refractivity contribution in [2.45, 2.75) is 13.3 Å². The molecule has 5 nitrogen and oxygen atoms in total. The molecule has 1 amide bonds. The van der Waals surface area contributed by atoms with Crippen LogP contribution in [0.2, 0.25) is 0 Å². The summed E-state index contributed by atoms with van der Waals surface area (Å²) < 4.78 is 5.28. The van der Waals surface area contributed by atoms with Crippen LogP contribution in [0.5, 0.6) is 5.75 Å². The third-order valence-electron chi connectivity index (χ3n) is 4.80. The van der Waals surface area contributed by atoms with E-state index in [0.717, 1.165) is 22.1 Å². The number of ether oxygens (including phenoxy) is 1. The second kappa shape index (κ2) is 6.51. The predicted octanol–water partition coefficient (Wildman–Crippen LogP) is 2.57. The molecule has 126 valence electrons. The van der Waals surface area contributed by atoms with E-state index in [1.807, 2.05) is 43.3 Å². The van der Waals surface area contributed by atoms with Crippen molar-refractivity contribution in [3.05, 3.63) is 42.0 Å². The van der Waals surface area contributed by atoms with Gasteiger partial charge in [-0.05, 0) is 34.4 Å². The highest BCUT2D eigenvalue weighted by atomic mass is 16.5. The summed E-state index contributed by atoms with van der Waals surface area (Å²) in [4.78, 5) is 25.5. The highest BCUT2D eigenvalue weighted by Crippen LogP contribution is 2.27. The number of methoxy groups -OCH3 is 1. The fourth-order valence-corrected chi connectivity index (χ4v) is 3.36. The summed E-state index contributed by atoms with van der Waals surface area (Å²) in [6.45, 7) is 2.68. The predicted molar refractivity (Wildman–Crippen MR) is 91.1 cm³/mol. The van der Waals surface area contributed by atoms with E-state index in [-0.39, 0.29) is 18.2 Å². The molecule has 1 saturated heterocycles. The molecule has 1 heterocycles. The molecular formula is C19H21NO4. The van der Waals surface area contributed by atoms with Crippen LogP contribution < -0.4 is 4.74 Å². The summed E-state index contributed by atoms with van der Waals surface area (Å²) in [5.41, 5.74) is 0.933. The number of benzene rings is 2. The van der Waals surface area contributed by atoms with Gasteiger partial charge in [-0.1, -0.05) is 31.2 Å². The molecule has 1 aliphatic heterocycles.